The summed E-state index contributed by atoms with van der Waals surface area (Å²) in [5.74, 6) is 0. The number of hydrogen-bond acceptors (Lipinski definition) is 3. The van der Waals surface area contributed by atoms with Gasteiger partial charge in [-0.15, -0.1) is 0 Å². The van der Waals surface area contributed by atoms with Crippen molar-refractivity contribution in [1.29, 1.82) is 0 Å². The molecule has 0 spiro atoms. The van der Waals surface area contributed by atoms with Gasteiger partial charge in [0.1, 0.15) is 6.61 Å². The predicted molar refractivity (Wildman–Crippen MR) is 60.0 cm³/mol. The molecule has 0 aromatic rings. The van der Waals surface area contributed by atoms with Crippen molar-refractivity contribution in [3.8, 4) is 0 Å². The van der Waals surface area contributed by atoms with Crippen molar-refractivity contribution >= 4 is 0 Å². The van der Waals surface area contributed by atoms with Crippen molar-refractivity contribution in [3.05, 3.63) is 0 Å². The molecule has 1 aliphatic rings. The first kappa shape index (κ1) is 14.7. The molecule has 1 saturated heterocycles. The van der Waals surface area contributed by atoms with E-state index >= 15 is 0 Å². The molecule has 0 radical (unpaired) electrons. The van der Waals surface area contributed by atoms with Gasteiger partial charge in [0.2, 0.25) is 0 Å². The molecular weight excluding hydrogens is 233 g/mol. The van der Waals surface area contributed by atoms with Gasteiger partial charge in [-0.1, -0.05) is 0 Å². The minimum absolute atomic E-state index is 0.0144. The van der Waals surface area contributed by atoms with Gasteiger partial charge in [-0.3, -0.25) is 4.90 Å². The van der Waals surface area contributed by atoms with E-state index in [1.54, 1.807) is 0 Å². The molecule has 1 aliphatic heterocycles. The molecule has 0 unspecified atom stereocenters. The van der Waals surface area contributed by atoms with Crippen LogP contribution in [-0.2, 0) is 4.74 Å². The topological polar surface area (TPSA) is 24.5 Å². The fourth-order valence-electron chi connectivity index (χ4n) is 2.00. The lowest BCUT2D eigenvalue weighted by Crippen LogP contribution is -2.47. The van der Waals surface area contributed by atoms with Crippen LogP contribution < -0.4 is 5.32 Å². The summed E-state index contributed by atoms with van der Waals surface area (Å²) in [4.78, 5) is 2.15. The van der Waals surface area contributed by atoms with Crippen molar-refractivity contribution < 1.29 is 17.9 Å². The maximum atomic E-state index is 11.9. The number of rotatable bonds is 4. The van der Waals surface area contributed by atoms with Crippen LogP contribution in [0, 0.1) is 0 Å². The van der Waals surface area contributed by atoms with E-state index in [1.807, 2.05) is 0 Å². The lowest BCUT2D eigenvalue weighted by molar-refractivity contribution is -0.174. The monoisotopic (exact) mass is 254 g/mol. The maximum absolute atomic E-state index is 11.9. The van der Waals surface area contributed by atoms with Crippen LogP contribution in [0.4, 0.5) is 13.2 Å². The number of halogens is 3. The Bertz CT molecular complexity index is 231. The zero-order chi connectivity index (χ0) is 12.9. The summed E-state index contributed by atoms with van der Waals surface area (Å²) in [5, 5.41) is 3.40. The van der Waals surface area contributed by atoms with E-state index in [-0.39, 0.29) is 12.1 Å². The smallest absolute Gasteiger partial charge is 0.371 e. The number of hydrogen-bond donors (Lipinski definition) is 1. The van der Waals surface area contributed by atoms with Gasteiger partial charge in [-0.2, -0.15) is 13.2 Å². The van der Waals surface area contributed by atoms with Gasteiger partial charge >= 0.3 is 6.18 Å². The third-order valence-corrected chi connectivity index (χ3v) is 2.69. The molecule has 1 rings (SSSR count). The average molecular weight is 254 g/mol. The second-order valence-electron chi connectivity index (χ2n) is 5.11. The third kappa shape index (κ3) is 6.85. The van der Waals surface area contributed by atoms with E-state index in [2.05, 4.69) is 28.8 Å². The first-order chi connectivity index (χ1) is 7.79. The van der Waals surface area contributed by atoms with Crippen LogP contribution in [-0.4, -0.2) is 56.0 Å². The molecule has 0 saturated carbocycles. The minimum atomic E-state index is -4.22. The standard InChI is InChI=1S/C11H21F3N2O/c1-10(2)8-16(5-3-4-15-10)6-7-17-9-11(12,13)14/h15H,3-9H2,1-2H3. The van der Waals surface area contributed by atoms with Crippen LogP contribution in [0.5, 0.6) is 0 Å². The van der Waals surface area contributed by atoms with E-state index < -0.39 is 12.8 Å². The van der Waals surface area contributed by atoms with Gasteiger partial charge < -0.3 is 10.1 Å². The summed E-state index contributed by atoms with van der Waals surface area (Å²) in [6.45, 7) is 6.43. The fraction of sp³-hybridized carbons (Fsp3) is 1.00. The normalized spacial score (nSPS) is 22.4. The highest BCUT2D eigenvalue weighted by Gasteiger charge is 2.28. The summed E-state index contributed by atoms with van der Waals surface area (Å²) in [7, 11) is 0. The minimum Gasteiger partial charge on any atom is -0.371 e. The van der Waals surface area contributed by atoms with Crippen LogP contribution in [0.15, 0.2) is 0 Å². The summed E-state index contributed by atoms with van der Waals surface area (Å²) >= 11 is 0. The largest absolute Gasteiger partial charge is 0.411 e. The van der Waals surface area contributed by atoms with Crippen LogP contribution in [0.3, 0.4) is 0 Å². The van der Waals surface area contributed by atoms with Gasteiger partial charge in [-0.05, 0) is 33.4 Å². The Balaban J connectivity index is 2.22. The Morgan fingerprint density at radius 2 is 2.06 bits per heavy atom. The predicted octanol–water partition coefficient (Wildman–Crippen LogP) is 1.64. The van der Waals surface area contributed by atoms with E-state index in [0.29, 0.717) is 6.54 Å². The highest BCUT2D eigenvalue weighted by atomic mass is 19.4. The molecule has 0 aromatic carbocycles. The number of alkyl halides is 3. The molecule has 1 heterocycles. The molecule has 0 aromatic heterocycles. The lowest BCUT2D eigenvalue weighted by atomic mass is 10.1. The first-order valence-corrected chi connectivity index (χ1v) is 5.90. The van der Waals surface area contributed by atoms with Gasteiger partial charge in [-0.25, -0.2) is 0 Å². The Kier molecular flexibility index (Phi) is 5.22. The summed E-state index contributed by atoms with van der Waals surface area (Å²) in [6.07, 6.45) is -3.21. The second kappa shape index (κ2) is 6.02. The van der Waals surface area contributed by atoms with E-state index in [1.165, 1.54) is 0 Å². The Labute approximate surface area is 100 Å². The summed E-state index contributed by atoms with van der Waals surface area (Å²) < 4.78 is 40.2. The van der Waals surface area contributed by atoms with Crippen LogP contribution in [0.1, 0.15) is 20.3 Å². The third-order valence-electron chi connectivity index (χ3n) is 2.69. The molecule has 1 fully saturated rings. The van der Waals surface area contributed by atoms with Gasteiger partial charge in [0.05, 0.1) is 6.61 Å². The van der Waals surface area contributed by atoms with Gasteiger partial charge in [0.25, 0.3) is 0 Å². The molecule has 17 heavy (non-hydrogen) atoms. The highest BCUT2D eigenvalue weighted by Crippen LogP contribution is 2.14. The second-order valence-corrected chi connectivity index (χ2v) is 5.11. The van der Waals surface area contributed by atoms with Crippen molar-refractivity contribution in [2.45, 2.75) is 32.0 Å². The van der Waals surface area contributed by atoms with E-state index in [0.717, 1.165) is 26.1 Å². The quantitative estimate of drug-likeness (QED) is 0.772. The van der Waals surface area contributed by atoms with Gasteiger partial charge in [0.15, 0.2) is 0 Å². The molecule has 102 valence electrons. The molecular formula is C11H21F3N2O. The average Bonchev–Trinajstić information content (AvgIpc) is 2.32. The molecule has 0 bridgehead atoms. The molecule has 0 atom stereocenters. The summed E-state index contributed by atoms with van der Waals surface area (Å²) in [6, 6.07) is 0. The first-order valence-electron chi connectivity index (χ1n) is 5.90. The maximum Gasteiger partial charge on any atom is 0.411 e. The van der Waals surface area contributed by atoms with Crippen molar-refractivity contribution in [3.63, 3.8) is 0 Å². The Morgan fingerprint density at radius 1 is 1.35 bits per heavy atom. The summed E-state index contributed by atoms with van der Waals surface area (Å²) in [5.41, 5.74) is 0.0144. The van der Waals surface area contributed by atoms with Crippen molar-refractivity contribution in [1.82, 2.24) is 10.2 Å². The number of nitrogens with one attached hydrogen (secondary N) is 1. The SMILES string of the molecule is CC1(C)CN(CCOCC(F)(F)F)CCCN1. The highest BCUT2D eigenvalue weighted by molar-refractivity contribution is 4.84. The van der Waals surface area contributed by atoms with Crippen molar-refractivity contribution in [2.75, 3.05) is 39.4 Å². The lowest BCUT2D eigenvalue weighted by Gasteiger charge is -2.29. The fourth-order valence-corrected chi connectivity index (χ4v) is 2.00. The Morgan fingerprint density at radius 3 is 2.71 bits per heavy atom. The van der Waals surface area contributed by atoms with Crippen LogP contribution in [0.2, 0.25) is 0 Å². The molecule has 0 amide bonds. The molecule has 0 aliphatic carbocycles. The van der Waals surface area contributed by atoms with E-state index in [9.17, 15) is 13.2 Å². The van der Waals surface area contributed by atoms with Crippen LogP contribution in [0.25, 0.3) is 0 Å². The number of nitrogens with zero attached hydrogens (tertiary/aromatic N) is 1. The zero-order valence-corrected chi connectivity index (χ0v) is 10.4. The van der Waals surface area contributed by atoms with E-state index in [4.69, 9.17) is 0 Å². The molecule has 6 heteroatoms. The van der Waals surface area contributed by atoms with Gasteiger partial charge in [0, 0.05) is 18.6 Å². The Hall–Kier alpha value is -0.330. The van der Waals surface area contributed by atoms with Crippen LogP contribution >= 0.6 is 0 Å². The zero-order valence-electron chi connectivity index (χ0n) is 10.4. The molecule has 3 nitrogen and oxygen atoms in total. The molecule has 1 N–H and O–H groups in total. The number of ether oxygens (including phenoxy) is 1. The van der Waals surface area contributed by atoms with Crippen molar-refractivity contribution in [2.24, 2.45) is 0 Å².